The Labute approximate surface area is 163 Å². The van der Waals surface area contributed by atoms with Crippen LogP contribution in [-0.2, 0) is 9.53 Å². The third kappa shape index (κ3) is 3.14. The van der Waals surface area contributed by atoms with E-state index in [0.717, 1.165) is 11.1 Å². The topological polar surface area (TPSA) is 89.3 Å². The number of carbonyl (C=O) groups excluding carboxylic acids is 1. The van der Waals surface area contributed by atoms with E-state index in [0.29, 0.717) is 11.8 Å². The molecule has 0 saturated heterocycles. The van der Waals surface area contributed by atoms with Gasteiger partial charge in [0.05, 0.1) is 12.6 Å². The minimum atomic E-state index is -1.55. The highest BCUT2D eigenvalue weighted by atomic mass is 16.5. The molecule has 1 aliphatic heterocycles. The van der Waals surface area contributed by atoms with Crippen LogP contribution in [-0.4, -0.2) is 38.2 Å². The summed E-state index contributed by atoms with van der Waals surface area (Å²) in [6.45, 7) is 3.53. The fraction of sp³-hybridized carbons (Fsp3) is 0.286. The molecule has 0 saturated carbocycles. The number of rotatable bonds is 4. The predicted molar refractivity (Wildman–Crippen MR) is 104 cm³/mol. The van der Waals surface area contributed by atoms with E-state index in [1.807, 2.05) is 60.7 Å². The number of ether oxygens (including phenoxy) is 1. The lowest BCUT2D eigenvalue weighted by Crippen LogP contribution is -2.55. The molecule has 7 heteroatoms. The van der Waals surface area contributed by atoms with E-state index in [9.17, 15) is 9.90 Å². The molecule has 0 bridgehead atoms. The minimum absolute atomic E-state index is 0.229. The highest BCUT2D eigenvalue weighted by Gasteiger charge is 2.51. The summed E-state index contributed by atoms with van der Waals surface area (Å²) in [6, 6.07) is 18.5. The molecule has 28 heavy (non-hydrogen) atoms. The summed E-state index contributed by atoms with van der Waals surface area (Å²) in [6.07, 6.45) is 0. The zero-order valence-electron chi connectivity index (χ0n) is 15.7. The zero-order chi connectivity index (χ0) is 19.7. The van der Waals surface area contributed by atoms with Crippen molar-refractivity contribution in [1.82, 2.24) is 14.8 Å². The van der Waals surface area contributed by atoms with Crippen LogP contribution in [0.3, 0.4) is 0 Å². The van der Waals surface area contributed by atoms with Crippen molar-refractivity contribution >= 4 is 11.9 Å². The van der Waals surface area contributed by atoms with Gasteiger partial charge in [0, 0.05) is 5.56 Å². The quantitative estimate of drug-likeness (QED) is 0.679. The maximum atomic E-state index is 12.8. The summed E-state index contributed by atoms with van der Waals surface area (Å²) in [5, 5.41) is 18.7. The third-order valence-electron chi connectivity index (χ3n) is 4.89. The summed E-state index contributed by atoms with van der Waals surface area (Å²) < 4.78 is 6.94. The predicted octanol–water partition coefficient (Wildman–Crippen LogP) is 2.85. The van der Waals surface area contributed by atoms with Crippen LogP contribution in [0.15, 0.2) is 60.7 Å². The minimum Gasteiger partial charge on any atom is -0.466 e. The Bertz CT molecular complexity index is 970. The highest BCUT2D eigenvalue weighted by molar-refractivity contribution is 5.76. The van der Waals surface area contributed by atoms with Crippen molar-refractivity contribution < 1.29 is 14.6 Å². The van der Waals surface area contributed by atoms with Gasteiger partial charge in [-0.1, -0.05) is 60.7 Å². The normalized spacial score (nSPS) is 23.5. The average Bonchev–Trinajstić information content (AvgIpc) is 3.10. The van der Waals surface area contributed by atoms with Gasteiger partial charge in [-0.15, -0.1) is 5.10 Å². The van der Waals surface area contributed by atoms with Gasteiger partial charge in [0.2, 0.25) is 5.95 Å². The molecule has 1 aromatic heterocycles. The molecule has 4 rings (SSSR count). The first-order chi connectivity index (χ1) is 13.5. The second kappa shape index (κ2) is 7.09. The molecule has 2 aromatic carbocycles. The molecule has 144 valence electrons. The van der Waals surface area contributed by atoms with Gasteiger partial charge in [-0.2, -0.15) is 4.98 Å². The molecular weight excluding hydrogens is 356 g/mol. The zero-order valence-corrected chi connectivity index (χ0v) is 15.7. The molecule has 3 aromatic rings. The molecular formula is C21H22N4O3. The highest BCUT2D eigenvalue weighted by Crippen LogP contribution is 2.41. The lowest BCUT2D eigenvalue weighted by molar-refractivity contribution is -0.159. The van der Waals surface area contributed by atoms with Crippen LogP contribution in [0.4, 0.5) is 5.95 Å². The summed E-state index contributed by atoms with van der Waals surface area (Å²) in [7, 11) is 0. The van der Waals surface area contributed by atoms with Gasteiger partial charge in [0.1, 0.15) is 5.92 Å². The lowest BCUT2D eigenvalue weighted by Gasteiger charge is -2.41. The van der Waals surface area contributed by atoms with E-state index in [2.05, 4.69) is 15.4 Å². The maximum Gasteiger partial charge on any atom is 0.316 e. The standard InChI is InChI=1S/C21H22N4O3/c1-3-28-19(26)16-17(14-10-6-4-7-11-14)25-20(23-21(16,2)27)22-18(24-25)15-12-8-5-9-13-15/h4-13,16-17,27H,3H2,1-2H3,(H,22,23,24)/t16-,17-,21+/m0/s1. The molecule has 0 fully saturated rings. The summed E-state index contributed by atoms with van der Waals surface area (Å²) >= 11 is 0. The Morgan fingerprint density at radius 3 is 2.46 bits per heavy atom. The molecule has 0 amide bonds. The van der Waals surface area contributed by atoms with Crippen LogP contribution < -0.4 is 5.32 Å². The summed E-state index contributed by atoms with van der Waals surface area (Å²) in [4.78, 5) is 17.4. The Morgan fingerprint density at radius 2 is 1.82 bits per heavy atom. The monoisotopic (exact) mass is 378 g/mol. The van der Waals surface area contributed by atoms with E-state index < -0.39 is 23.7 Å². The molecule has 2 heterocycles. The second-order valence-corrected chi connectivity index (χ2v) is 6.93. The Hall–Kier alpha value is -3.19. The number of nitrogens with one attached hydrogen (secondary N) is 1. The van der Waals surface area contributed by atoms with Crippen molar-refractivity contribution in [3.05, 3.63) is 66.2 Å². The van der Waals surface area contributed by atoms with E-state index in [4.69, 9.17) is 4.74 Å². The number of hydrogen-bond acceptors (Lipinski definition) is 6. The number of fused-ring (bicyclic) bond motifs is 1. The van der Waals surface area contributed by atoms with Crippen LogP contribution in [0.2, 0.25) is 0 Å². The van der Waals surface area contributed by atoms with Crippen molar-refractivity contribution in [2.45, 2.75) is 25.6 Å². The fourth-order valence-corrected chi connectivity index (χ4v) is 3.64. The van der Waals surface area contributed by atoms with Crippen molar-refractivity contribution in [3.63, 3.8) is 0 Å². The largest absolute Gasteiger partial charge is 0.466 e. The van der Waals surface area contributed by atoms with Gasteiger partial charge < -0.3 is 15.2 Å². The summed E-state index contributed by atoms with van der Waals surface area (Å²) in [5.41, 5.74) is 0.141. The third-order valence-corrected chi connectivity index (χ3v) is 4.89. The number of benzene rings is 2. The number of nitrogens with zero attached hydrogens (tertiary/aromatic N) is 3. The maximum absolute atomic E-state index is 12.8. The van der Waals surface area contributed by atoms with Crippen LogP contribution >= 0.6 is 0 Å². The molecule has 0 spiro atoms. The van der Waals surface area contributed by atoms with Gasteiger partial charge in [-0.3, -0.25) is 4.79 Å². The Balaban J connectivity index is 1.88. The first kappa shape index (κ1) is 18.2. The van der Waals surface area contributed by atoms with E-state index in [-0.39, 0.29) is 6.61 Å². The van der Waals surface area contributed by atoms with Gasteiger partial charge in [0.25, 0.3) is 0 Å². The van der Waals surface area contributed by atoms with E-state index in [1.54, 1.807) is 18.5 Å². The number of aliphatic hydroxyl groups is 1. The second-order valence-electron chi connectivity index (χ2n) is 6.93. The first-order valence-corrected chi connectivity index (χ1v) is 9.25. The van der Waals surface area contributed by atoms with Crippen LogP contribution in [0.5, 0.6) is 0 Å². The van der Waals surface area contributed by atoms with Gasteiger partial charge in [0.15, 0.2) is 11.5 Å². The molecule has 0 unspecified atom stereocenters. The molecule has 3 atom stereocenters. The molecule has 7 nitrogen and oxygen atoms in total. The van der Waals surface area contributed by atoms with Crippen molar-refractivity contribution in [2.75, 3.05) is 11.9 Å². The van der Waals surface area contributed by atoms with Crippen molar-refractivity contribution in [3.8, 4) is 11.4 Å². The van der Waals surface area contributed by atoms with Crippen molar-refractivity contribution in [1.29, 1.82) is 0 Å². The SMILES string of the molecule is CCOC(=O)[C@@H]1[C@H](c2ccccc2)n2nc(-c3ccccc3)nc2N[C@]1(C)O. The molecule has 0 aliphatic carbocycles. The molecule has 0 radical (unpaired) electrons. The van der Waals surface area contributed by atoms with E-state index >= 15 is 0 Å². The smallest absolute Gasteiger partial charge is 0.316 e. The van der Waals surface area contributed by atoms with Crippen LogP contribution in [0.25, 0.3) is 11.4 Å². The average molecular weight is 378 g/mol. The number of esters is 1. The van der Waals surface area contributed by atoms with Crippen molar-refractivity contribution in [2.24, 2.45) is 5.92 Å². The number of carbonyl (C=O) groups is 1. The fourth-order valence-electron chi connectivity index (χ4n) is 3.64. The number of anilines is 1. The van der Waals surface area contributed by atoms with Crippen LogP contribution in [0, 0.1) is 5.92 Å². The lowest BCUT2D eigenvalue weighted by atomic mass is 9.83. The van der Waals surface area contributed by atoms with Gasteiger partial charge in [-0.25, -0.2) is 4.68 Å². The van der Waals surface area contributed by atoms with Crippen LogP contribution in [0.1, 0.15) is 25.5 Å². The van der Waals surface area contributed by atoms with E-state index in [1.165, 1.54) is 0 Å². The first-order valence-electron chi connectivity index (χ1n) is 9.25. The Morgan fingerprint density at radius 1 is 1.18 bits per heavy atom. The molecule has 2 N–H and O–H groups in total. The number of hydrogen-bond donors (Lipinski definition) is 2. The summed E-state index contributed by atoms with van der Waals surface area (Å²) in [5.74, 6) is -0.466. The molecule has 1 aliphatic rings. The number of aromatic nitrogens is 3. The van der Waals surface area contributed by atoms with Gasteiger partial charge >= 0.3 is 5.97 Å². The Kier molecular flexibility index (Phi) is 4.60. The van der Waals surface area contributed by atoms with Gasteiger partial charge in [-0.05, 0) is 19.4 Å².